The molecule has 0 saturated heterocycles. The van der Waals surface area contributed by atoms with Crippen LogP contribution in [0.3, 0.4) is 0 Å². The van der Waals surface area contributed by atoms with Gasteiger partial charge in [-0.1, -0.05) is 24.3 Å². The van der Waals surface area contributed by atoms with Gasteiger partial charge in [0.25, 0.3) is 5.91 Å². The topological polar surface area (TPSA) is 65.1 Å². The zero-order chi connectivity index (χ0) is 21.5. The Morgan fingerprint density at radius 1 is 0.933 bits per heavy atom. The minimum Gasteiger partial charge on any atom is -0.497 e. The minimum absolute atomic E-state index is 0.212. The molecule has 0 heterocycles. The summed E-state index contributed by atoms with van der Waals surface area (Å²) in [5.41, 5.74) is 0.948. The number of ether oxygens (including phenoxy) is 3. The largest absolute Gasteiger partial charge is 0.497 e. The highest BCUT2D eigenvalue weighted by molar-refractivity contribution is 5.85. The molecule has 0 N–H and O–H groups in total. The summed E-state index contributed by atoms with van der Waals surface area (Å²) in [5, 5.41) is 2.08. The number of esters is 1. The summed E-state index contributed by atoms with van der Waals surface area (Å²) in [6, 6.07) is 17.1. The van der Waals surface area contributed by atoms with Crippen LogP contribution in [-0.4, -0.2) is 44.1 Å². The van der Waals surface area contributed by atoms with Gasteiger partial charge < -0.3 is 19.1 Å². The Bertz CT molecular complexity index is 1050. The number of benzene rings is 3. The van der Waals surface area contributed by atoms with Crippen LogP contribution in [0.2, 0.25) is 0 Å². The molecular formula is C23H22FNO5. The molecule has 0 aliphatic heterocycles. The lowest BCUT2D eigenvalue weighted by molar-refractivity contribution is -0.153. The van der Waals surface area contributed by atoms with Gasteiger partial charge in [0.2, 0.25) is 0 Å². The van der Waals surface area contributed by atoms with Gasteiger partial charge in [0.1, 0.15) is 17.3 Å². The van der Waals surface area contributed by atoms with Gasteiger partial charge in [0.05, 0.1) is 7.11 Å². The fraction of sp³-hybridized carbons (Fsp3) is 0.217. The van der Waals surface area contributed by atoms with E-state index < -0.39 is 25.0 Å². The van der Waals surface area contributed by atoms with Crippen LogP contribution >= 0.6 is 0 Å². The summed E-state index contributed by atoms with van der Waals surface area (Å²) in [6.07, 6.45) is 0. The van der Waals surface area contributed by atoms with Crippen LogP contribution in [0.1, 0.15) is 5.56 Å². The lowest BCUT2D eigenvalue weighted by atomic mass is 10.1. The predicted octanol–water partition coefficient (Wildman–Crippen LogP) is 3.57. The van der Waals surface area contributed by atoms with Crippen molar-refractivity contribution in [1.82, 2.24) is 4.90 Å². The molecule has 156 valence electrons. The highest BCUT2D eigenvalue weighted by atomic mass is 19.1. The van der Waals surface area contributed by atoms with Gasteiger partial charge in [-0.3, -0.25) is 4.79 Å². The number of nitrogens with zero attached hydrogens (tertiary/aromatic N) is 1. The lowest BCUT2D eigenvalue weighted by Gasteiger charge is -2.17. The summed E-state index contributed by atoms with van der Waals surface area (Å²) in [4.78, 5) is 25.5. The Morgan fingerprint density at radius 2 is 1.70 bits per heavy atom. The van der Waals surface area contributed by atoms with E-state index in [1.54, 1.807) is 14.2 Å². The molecule has 0 radical (unpaired) electrons. The predicted molar refractivity (Wildman–Crippen MR) is 110 cm³/mol. The monoisotopic (exact) mass is 411 g/mol. The molecular weight excluding hydrogens is 389 g/mol. The maximum atomic E-state index is 13.1. The molecule has 0 saturated carbocycles. The van der Waals surface area contributed by atoms with Gasteiger partial charge in [-0.25, -0.2) is 9.18 Å². The Balaban J connectivity index is 1.48. The van der Waals surface area contributed by atoms with Crippen LogP contribution in [0.25, 0.3) is 10.8 Å². The maximum Gasteiger partial charge on any atom is 0.344 e. The molecule has 0 aliphatic carbocycles. The van der Waals surface area contributed by atoms with Crippen molar-refractivity contribution in [3.63, 3.8) is 0 Å². The second-order valence-electron chi connectivity index (χ2n) is 6.70. The lowest BCUT2D eigenvalue weighted by Crippen LogP contribution is -2.31. The minimum atomic E-state index is -0.708. The van der Waals surface area contributed by atoms with Crippen molar-refractivity contribution in [2.75, 3.05) is 27.4 Å². The first kappa shape index (κ1) is 21.1. The van der Waals surface area contributed by atoms with Gasteiger partial charge in [-0.2, -0.15) is 0 Å². The molecule has 0 spiro atoms. The number of carbonyl (C=O) groups is 2. The summed E-state index contributed by atoms with van der Waals surface area (Å²) in [7, 11) is 3.26. The molecule has 3 aromatic carbocycles. The molecule has 3 rings (SSSR count). The second-order valence-corrected chi connectivity index (χ2v) is 6.70. The fourth-order valence-electron chi connectivity index (χ4n) is 2.85. The number of rotatable bonds is 8. The third-order valence-electron chi connectivity index (χ3n) is 4.47. The van der Waals surface area contributed by atoms with Crippen molar-refractivity contribution in [2.45, 2.75) is 6.54 Å². The van der Waals surface area contributed by atoms with Crippen molar-refractivity contribution in [1.29, 1.82) is 0 Å². The Labute approximate surface area is 173 Å². The Hall–Kier alpha value is -3.61. The van der Waals surface area contributed by atoms with Crippen molar-refractivity contribution in [3.05, 3.63) is 72.0 Å². The number of amides is 1. The second kappa shape index (κ2) is 9.73. The third kappa shape index (κ3) is 5.70. The summed E-state index contributed by atoms with van der Waals surface area (Å²) < 4.78 is 28.4. The van der Waals surface area contributed by atoms with Crippen LogP contribution in [0.15, 0.2) is 60.7 Å². The highest BCUT2D eigenvalue weighted by Crippen LogP contribution is 2.22. The molecule has 1 amide bonds. The molecule has 0 aliphatic rings. The van der Waals surface area contributed by atoms with E-state index in [0.29, 0.717) is 6.54 Å². The third-order valence-corrected chi connectivity index (χ3v) is 4.47. The van der Waals surface area contributed by atoms with E-state index in [0.717, 1.165) is 28.2 Å². The average molecular weight is 411 g/mol. The normalized spacial score (nSPS) is 10.5. The van der Waals surface area contributed by atoms with Gasteiger partial charge in [-0.05, 0) is 46.7 Å². The van der Waals surface area contributed by atoms with Crippen LogP contribution < -0.4 is 9.47 Å². The number of fused-ring (bicyclic) bond motifs is 1. The molecule has 0 aromatic heterocycles. The molecule has 7 heteroatoms. The Kier molecular flexibility index (Phi) is 6.85. The number of carbonyl (C=O) groups excluding carboxylic acids is 2. The van der Waals surface area contributed by atoms with Crippen LogP contribution in [0.4, 0.5) is 4.39 Å². The fourth-order valence-corrected chi connectivity index (χ4v) is 2.85. The molecule has 0 fully saturated rings. The van der Waals surface area contributed by atoms with Crippen LogP contribution in [-0.2, 0) is 20.9 Å². The van der Waals surface area contributed by atoms with Crippen molar-refractivity contribution in [3.8, 4) is 11.5 Å². The first-order valence-corrected chi connectivity index (χ1v) is 9.29. The SMILES string of the molecule is COc1ccc2cc(CN(C)C(=O)COC(=O)COc3cccc(F)c3)ccc2c1. The number of hydrogen-bond acceptors (Lipinski definition) is 5. The first-order chi connectivity index (χ1) is 14.4. The van der Waals surface area contributed by atoms with Crippen LogP contribution in [0, 0.1) is 5.82 Å². The van der Waals surface area contributed by atoms with E-state index >= 15 is 0 Å². The van der Waals surface area contributed by atoms with Gasteiger partial charge >= 0.3 is 5.97 Å². The van der Waals surface area contributed by atoms with Crippen LogP contribution in [0.5, 0.6) is 11.5 Å². The van der Waals surface area contributed by atoms with Crippen molar-refractivity contribution in [2.24, 2.45) is 0 Å². The summed E-state index contributed by atoms with van der Waals surface area (Å²) in [5.74, 6) is -0.523. The van der Waals surface area contributed by atoms with Gasteiger partial charge in [-0.15, -0.1) is 0 Å². The van der Waals surface area contributed by atoms with E-state index in [4.69, 9.17) is 14.2 Å². The molecule has 0 bridgehead atoms. The molecule has 0 atom stereocenters. The quantitative estimate of drug-likeness (QED) is 0.530. The van der Waals surface area contributed by atoms with Gasteiger partial charge in [0, 0.05) is 19.7 Å². The van der Waals surface area contributed by atoms with E-state index in [1.165, 1.54) is 23.1 Å². The summed E-state index contributed by atoms with van der Waals surface area (Å²) in [6.45, 7) is -0.431. The standard InChI is InChI=1S/C23H22FNO5/c1-25(13-16-6-7-18-11-20(28-2)9-8-17(18)10-16)22(26)14-30-23(27)15-29-21-5-3-4-19(24)12-21/h3-12H,13-15H2,1-2H3. The van der Waals surface area contributed by atoms with E-state index in [-0.39, 0.29) is 11.7 Å². The van der Waals surface area contributed by atoms with Crippen molar-refractivity contribution < 1.29 is 28.2 Å². The van der Waals surface area contributed by atoms with E-state index in [2.05, 4.69) is 0 Å². The number of halogens is 1. The first-order valence-electron chi connectivity index (χ1n) is 9.29. The smallest absolute Gasteiger partial charge is 0.344 e. The zero-order valence-corrected chi connectivity index (χ0v) is 16.8. The molecule has 3 aromatic rings. The van der Waals surface area contributed by atoms with E-state index in [1.807, 2.05) is 36.4 Å². The summed E-state index contributed by atoms with van der Waals surface area (Å²) >= 11 is 0. The Morgan fingerprint density at radius 3 is 2.47 bits per heavy atom. The molecule has 30 heavy (non-hydrogen) atoms. The molecule has 6 nitrogen and oxygen atoms in total. The molecule has 0 unspecified atom stereocenters. The number of likely N-dealkylation sites (N-methyl/N-ethyl adjacent to an activating group) is 1. The maximum absolute atomic E-state index is 13.1. The highest BCUT2D eigenvalue weighted by Gasteiger charge is 2.13. The van der Waals surface area contributed by atoms with Gasteiger partial charge in [0.15, 0.2) is 13.2 Å². The van der Waals surface area contributed by atoms with E-state index in [9.17, 15) is 14.0 Å². The number of hydrogen-bond donors (Lipinski definition) is 0. The van der Waals surface area contributed by atoms with Crippen molar-refractivity contribution >= 4 is 22.6 Å². The zero-order valence-electron chi connectivity index (χ0n) is 16.8. The number of methoxy groups -OCH3 is 1. The average Bonchev–Trinajstić information content (AvgIpc) is 2.75.